The molecule has 0 bridgehead atoms. The minimum absolute atomic E-state index is 0.188. The molecule has 0 saturated heterocycles. The molecule has 1 amide bonds. The number of nitrogens with one attached hydrogen (secondary N) is 2. The van der Waals surface area contributed by atoms with Crippen molar-refractivity contribution >= 4 is 27.3 Å². The van der Waals surface area contributed by atoms with Gasteiger partial charge in [-0.15, -0.1) is 0 Å². The van der Waals surface area contributed by atoms with E-state index in [1.54, 1.807) is 30.3 Å². The summed E-state index contributed by atoms with van der Waals surface area (Å²) in [5.74, 6) is -0.0106. The summed E-state index contributed by atoms with van der Waals surface area (Å²) in [6, 6.07) is 17.8. The highest BCUT2D eigenvalue weighted by atomic mass is 32.2. The summed E-state index contributed by atoms with van der Waals surface area (Å²) < 4.78 is 71.1. The molecule has 3 aromatic carbocycles. The number of para-hydroxylation sites is 1. The van der Waals surface area contributed by atoms with Crippen LogP contribution in [0.3, 0.4) is 0 Å². The van der Waals surface area contributed by atoms with Crippen molar-refractivity contribution in [2.75, 3.05) is 16.6 Å². The van der Waals surface area contributed by atoms with E-state index < -0.39 is 27.7 Å². The summed E-state index contributed by atoms with van der Waals surface area (Å²) >= 11 is 0. The smallest absolute Gasteiger partial charge is 0.416 e. The van der Waals surface area contributed by atoms with Crippen LogP contribution in [0.25, 0.3) is 0 Å². The zero-order valence-corrected chi connectivity index (χ0v) is 16.7. The Bertz CT molecular complexity index is 1170. The number of hydrogen-bond donors (Lipinski definition) is 2. The third kappa shape index (κ3) is 6.22. The maximum absolute atomic E-state index is 12.8. The molecule has 0 unspecified atom stereocenters. The molecule has 3 rings (SSSR count). The first-order chi connectivity index (χ1) is 14.6. The van der Waals surface area contributed by atoms with E-state index in [1.165, 1.54) is 30.3 Å². The molecule has 0 saturated carbocycles. The highest BCUT2D eigenvalue weighted by molar-refractivity contribution is 7.92. The first-order valence-electron chi connectivity index (χ1n) is 8.91. The molecule has 3 aromatic rings. The normalized spacial score (nSPS) is 11.6. The molecule has 0 fully saturated rings. The van der Waals surface area contributed by atoms with Crippen LogP contribution in [0.5, 0.6) is 5.75 Å². The molecule has 0 aliphatic rings. The molecule has 31 heavy (non-hydrogen) atoms. The van der Waals surface area contributed by atoms with Gasteiger partial charge < -0.3 is 10.1 Å². The molecule has 0 aliphatic heterocycles. The predicted molar refractivity (Wildman–Crippen MR) is 109 cm³/mol. The van der Waals surface area contributed by atoms with Crippen molar-refractivity contribution in [1.29, 1.82) is 0 Å². The van der Waals surface area contributed by atoms with E-state index in [-0.39, 0.29) is 22.9 Å². The van der Waals surface area contributed by atoms with Gasteiger partial charge in [-0.1, -0.05) is 30.3 Å². The van der Waals surface area contributed by atoms with Gasteiger partial charge in [-0.3, -0.25) is 9.52 Å². The van der Waals surface area contributed by atoms with Gasteiger partial charge in [0.15, 0.2) is 6.61 Å². The zero-order chi connectivity index (χ0) is 22.5. The van der Waals surface area contributed by atoms with Crippen LogP contribution in [0.2, 0.25) is 0 Å². The Morgan fingerprint density at radius 3 is 2.26 bits per heavy atom. The highest BCUT2D eigenvalue weighted by Gasteiger charge is 2.30. The average molecular weight is 450 g/mol. The minimum Gasteiger partial charge on any atom is -0.484 e. The van der Waals surface area contributed by atoms with Crippen LogP contribution in [0, 0.1) is 0 Å². The van der Waals surface area contributed by atoms with E-state index in [1.807, 2.05) is 0 Å². The fraction of sp³-hybridized carbons (Fsp3) is 0.0952. The first kappa shape index (κ1) is 22.2. The van der Waals surface area contributed by atoms with Crippen LogP contribution >= 0.6 is 0 Å². The molecule has 162 valence electrons. The number of carbonyl (C=O) groups excluding carboxylic acids is 1. The number of sulfonamides is 1. The maximum Gasteiger partial charge on any atom is 0.416 e. The number of rotatable bonds is 7. The molecule has 0 aromatic heterocycles. The maximum atomic E-state index is 12.8. The van der Waals surface area contributed by atoms with Gasteiger partial charge in [-0.25, -0.2) is 8.42 Å². The van der Waals surface area contributed by atoms with E-state index in [4.69, 9.17) is 4.74 Å². The number of ether oxygens (including phenoxy) is 1. The van der Waals surface area contributed by atoms with Crippen LogP contribution in [-0.4, -0.2) is 20.9 Å². The number of amides is 1. The zero-order valence-electron chi connectivity index (χ0n) is 15.9. The molecule has 0 spiro atoms. The molecule has 2 N–H and O–H groups in total. The third-order valence-electron chi connectivity index (χ3n) is 3.98. The Morgan fingerprint density at radius 1 is 0.871 bits per heavy atom. The van der Waals surface area contributed by atoms with Crippen LogP contribution < -0.4 is 14.8 Å². The van der Waals surface area contributed by atoms with Crippen molar-refractivity contribution in [2.24, 2.45) is 0 Å². The molecule has 0 atom stereocenters. The second-order valence-electron chi connectivity index (χ2n) is 6.36. The van der Waals surface area contributed by atoms with Crippen molar-refractivity contribution in [3.63, 3.8) is 0 Å². The summed E-state index contributed by atoms with van der Waals surface area (Å²) in [6.45, 7) is -0.288. The van der Waals surface area contributed by atoms with Crippen molar-refractivity contribution in [2.45, 2.75) is 11.1 Å². The van der Waals surface area contributed by atoms with E-state index in [0.717, 1.165) is 12.1 Å². The van der Waals surface area contributed by atoms with E-state index in [9.17, 15) is 26.4 Å². The third-order valence-corrected chi connectivity index (χ3v) is 5.36. The van der Waals surface area contributed by atoms with Crippen LogP contribution in [0.15, 0.2) is 83.8 Å². The Kier molecular flexibility index (Phi) is 6.50. The van der Waals surface area contributed by atoms with Gasteiger partial charge >= 0.3 is 6.18 Å². The second kappa shape index (κ2) is 9.09. The Hall–Kier alpha value is -3.53. The number of carbonyl (C=O) groups is 1. The van der Waals surface area contributed by atoms with Gasteiger partial charge in [0.25, 0.3) is 15.9 Å². The van der Waals surface area contributed by atoms with Crippen LogP contribution in [-0.2, 0) is 21.0 Å². The van der Waals surface area contributed by atoms with Crippen molar-refractivity contribution in [3.05, 3.63) is 84.4 Å². The van der Waals surface area contributed by atoms with Crippen molar-refractivity contribution in [3.8, 4) is 5.75 Å². The SMILES string of the molecule is O=C(COc1ccccc1)Nc1cccc(S(=O)(=O)Nc2cccc(C(F)(F)F)c2)c1. The minimum atomic E-state index is -4.60. The molecule has 0 radical (unpaired) electrons. The highest BCUT2D eigenvalue weighted by Crippen LogP contribution is 2.31. The first-order valence-corrected chi connectivity index (χ1v) is 10.4. The molecule has 10 heteroatoms. The Balaban J connectivity index is 1.69. The van der Waals surface area contributed by atoms with Gasteiger partial charge in [0.2, 0.25) is 0 Å². The van der Waals surface area contributed by atoms with E-state index >= 15 is 0 Å². The second-order valence-corrected chi connectivity index (χ2v) is 8.04. The number of anilines is 2. The monoisotopic (exact) mass is 450 g/mol. The quantitative estimate of drug-likeness (QED) is 0.554. The summed E-state index contributed by atoms with van der Waals surface area (Å²) in [5.41, 5.74) is -1.03. The number of halogens is 3. The summed E-state index contributed by atoms with van der Waals surface area (Å²) in [7, 11) is -4.19. The average Bonchev–Trinajstić information content (AvgIpc) is 2.72. The Morgan fingerprint density at radius 2 is 1.55 bits per heavy atom. The van der Waals surface area contributed by atoms with Crippen LogP contribution in [0.4, 0.5) is 24.5 Å². The number of alkyl halides is 3. The van der Waals surface area contributed by atoms with Gasteiger partial charge in [-0.2, -0.15) is 13.2 Å². The molecule has 0 heterocycles. The van der Waals surface area contributed by atoms with Crippen molar-refractivity contribution in [1.82, 2.24) is 0 Å². The lowest BCUT2D eigenvalue weighted by molar-refractivity contribution is -0.137. The summed E-state index contributed by atoms with van der Waals surface area (Å²) in [6.07, 6.45) is -4.60. The van der Waals surface area contributed by atoms with Gasteiger partial charge in [-0.05, 0) is 48.5 Å². The fourth-order valence-electron chi connectivity index (χ4n) is 2.58. The lowest BCUT2D eigenvalue weighted by Crippen LogP contribution is -2.20. The number of hydrogen-bond acceptors (Lipinski definition) is 4. The van der Waals surface area contributed by atoms with Crippen LogP contribution in [0.1, 0.15) is 5.56 Å². The topological polar surface area (TPSA) is 84.5 Å². The number of benzene rings is 3. The lowest BCUT2D eigenvalue weighted by Gasteiger charge is -2.12. The summed E-state index contributed by atoms with van der Waals surface area (Å²) in [4.78, 5) is 11.8. The molecule has 6 nitrogen and oxygen atoms in total. The van der Waals surface area contributed by atoms with Gasteiger partial charge in [0.05, 0.1) is 10.5 Å². The summed E-state index contributed by atoms with van der Waals surface area (Å²) in [5, 5.41) is 2.51. The molecule has 0 aliphatic carbocycles. The lowest BCUT2D eigenvalue weighted by atomic mass is 10.2. The fourth-order valence-corrected chi connectivity index (χ4v) is 3.67. The molecular weight excluding hydrogens is 433 g/mol. The largest absolute Gasteiger partial charge is 0.484 e. The standard InChI is InChI=1S/C21H17F3N2O4S/c22-21(23,24)15-6-4-8-17(12-15)26-31(28,29)19-11-5-7-16(13-19)25-20(27)14-30-18-9-2-1-3-10-18/h1-13,26H,14H2,(H,25,27). The van der Waals surface area contributed by atoms with E-state index in [2.05, 4.69) is 10.0 Å². The van der Waals surface area contributed by atoms with Gasteiger partial charge in [0.1, 0.15) is 5.75 Å². The molecular formula is C21H17F3N2O4S. The Labute approximate surface area is 176 Å². The predicted octanol–water partition coefficient (Wildman–Crippen LogP) is 4.52. The van der Waals surface area contributed by atoms with Gasteiger partial charge in [0, 0.05) is 11.4 Å². The van der Waals surface area contributed by atoms with E-state index in [0.29, 0.717) is 11.8 Å². The van der Waals surface area contributed by atoms with Crippen molar-refractivity contribution < 1.29 is 31.1 Å².